The lowest BCUT2D eigenvalue weighted by molar-refractivity contribution is -0.123. The SMILES string of the molecule is Cc1nc(C)c(C(=O)N(c2ccc(C(C)C)cc2)[C@@H](C(=O)NC[C@@H]2CCCO2)c2ccccc2)s1. The van der Waals surface area contributed by atoms with Crippen molar-refractivity contribution in [3.05, 3.63) is 81.3 Å². The van der Waals surface area contributed by atoms with E-state index in [9.17, 15) is 9.59 Å². The molecule has 0 saturated carbocycles. The zero-order valence-corrected chi connectivity index (χ0v) is 21.6. The first-order chi connectivity index (χ1) is 16.8. The molecule has 1 aliphatic rings. The van der Waals surface area contributed by atoms with Crippen LogP contribution in [0.4, 0.5) is 5.69 Å². The van der Waals surface area contributed by atoms with E-state index in [0.29, 0.717) is 28.7 Å². The predicted molar refractivity (Wildman–Crippen MR) is 140 cm³/mol. The van der Waals surface area contributed by atoms with Crippen molar-refractivity contribution in [3.63, 3.8) is 0 Å². The standard InChI is InChI=1S/C28H33N3O3S/c1-18(2)21-12-14-23(15-13-21)31(28(33)26-19(3)30-20(4)35-26)25(22-9-6-5-7-10-22)27(32)29-17-24-11-8-16-34-24/h5-7,9-10,12-15,18,24-25H,8,11,16-17H2,1-4H3,(H,29,32)/t24-,25+/m0/s1. The molecule has 1 fully saturated rings. The Kier molecular flexibility index (Phi) is 7.98. The van der Waals surface area contributed by atoms with Crippen LogP contribution in [0.15, 0.2) is 54.6 Å². The topological polar surface area (TPSA) is 71.5 Å². The zero-order valence-electron chi connectivity index (χ0n) is 20.8. The molecule has 3 aromatic rings. The molecule has 6 nitrogen and oxygen atoms in total. The third-order valence-corrected chi connectivity index (χ3v) is 7.37. The number of aryl methyl sites for hydroxylation is 2. The highest BCUT2D eigenvalue weighted by Gasteiger charge is 2.35. The van der Waals surface area contributed by atoms with Gasteiger partial charge < -0.3 is 10.1 Å². The van der Waals surface area contributed by atoms with Gasteiger partial charge in [0.2, 0.25) is 5.91 Å². The Balaban J connectivity index is 1.77. The average molecular weight is 492 g/mol. The minimum absolute atomic E-state index is 0.0104. The molecule has 2 aromatic carbocycles. The number of thiazole rings is 1. The van der Waals surface area contributed by atoms with Gasteiger partial charge in [-0.05, 0) is 55.9 Å². The van der Waals surface area contributed by atoms with E-state index in [1.807, 2.05) is 68.4 Å². The number of benzene rings is 2. The van der Waals surface area contributed by atoms with Gasteiger partial charge in [-0.1, -0.05) is 56.3 Å². The fraction of sp³-hybridized carbons (Fsp3) is 0.393. The summed E-state index contributed by atoms with van der Waals surface area (Å²) in [6, 6.07) is 16.6. The molecule has 1 aromatic heterocycles. The second-order valence-electron chi connectivity index (χ2n) is 9.26. The van der Waals surface area contributed by atoms with E-state index < -0.39 is 6.04 Å². The third kappa shape index (κ3) is 5.80. The molecule has 4 rings (SSSR count). The van der Waals surface area contributed by atoms with Crippen LogP contribution in [0, 0.1) is 13.8 Å². The minimum Gasteiger partial charge on any atom is -0.376 e. The van der Waals surface area contributed by atoms with E-state index in [0.717, 1.165) is 30.0 Å². The molecule has 0 unspecified atom stereocenters. The molecule has 2 heterocycles. The molecule has 0 bridgehead atoms. The van der Waals surface area contributed by atoms with E-state index in [2.05, 4.69) is 24.1 Å². The molecule has 1 aliphatic heterocycles. The van der Waals surface area contributed by atoms with Crippen molar-refractivity contribution in [2.75, 3.05) is 18.1 Å². The number of carbonyl (C=O) groups excluding carboxylic acids is 2. The second-order valence-corrected chi connectivity index (χ2v) is 10.5. The van der Waals surface area contributed by atoms with Crippen LogP contribution in [0.1, 0.15) is 70.1 Å². The second kappa shape index (κ2) is 11.1. The number of aromatic nitrogens is 1. The lowest BCUT2D eigenvalue weighted by Crippen LogP contribution is -2.45. The smallest absolute Gasteiger partial charge is 0.271 e. The van der Waals surface area contributed by atoms with Crippen molar-refractivity contribution in [2.45, 2.75) is 58.6 Å². The van der Waals surface area contributed by atoms with Crippen molar-refractivity contribution in [3.8, 4) is 0 Å². The molecule has 0 spiro atoms. The molecule has 0 aliphatic carbocycles. The van der Waals surface area contributed by atoms with Crippen LogP contribution in [0.2, 0.25) is 0 Å². The number of hydrogen-bond acceptors (Lipinski definition) is 5. The van der Waals surface area contributed by atoms with Gasteiger partial charge in [0.25, 0.3) is 5.91 Å². The Bertz CT molecular complexity index is 1150. The van der Waals surface area contributed by atoms with Crippen LogP contribution in [0.3, 0.4) is 0 Å². The first-order valence-electron chi connectivity index (χ1n) is 12.2. The van der Waals surface area contributed by atoms with Gasteiger partial charge in [0.05, 0.1) is 16.8 Å². The molecule has 184 valence electrons. The maximum atomic E-state index is 14.1. The van der Waals surface area contributed by atoms with E-state index in [1.54, 1.807) is 4.90 Å². The molecule has 2 atom stereocenters. The first kappa shape index (κ1) is 25.1. The number of anilines is 1. The van der Waals surface area contributed by atoms with Crippen LogP contribution in [0.25, 0.3) is 0 Å². The zero-order chi connectivity index (χ0) is 24.9. The number of hydrogen-bond donors (Lipinski definition) is 1. The van der Waals surface area contributed by atoms with E-state index in [1.165, 1.54) is 16.9 Å². The first-order valence-corrected chi connectivity index (χ1v) is 13.0. The van der Waals surface area contributed by atoms with Crippen LogP contribution in [-0.4, -0.2) is 36.1 Å². The summed E-state index contributed by atoms with van der Waals surface area (Å²) in [4.78, 5) is 34.4. The van der Waals surface area contributed by atoms with Gasteiger partial charge in [-0.2, -0.15) is 0 Å². The average Bonchev–Trinajstić information content (AvgIpc) is 3.50. The lowest BCUT2D eigenvalue weighted by atomic mass is 10.00. The summed E-state index contributed by atoms with van der Waals surface area (Å²) in [5.74, 6) is -0.0994. The highest BCUT2D eigenvalue weighted by Crippen LogP contribution is 2.33. The summed E-state index contributed by atoms with van der Waals surface area (Å²) in [7, 11) is 0. The van der Waals surface area contributed by atoms with Gasteiger partial charge in [0, 0.05) is 18.8 Å². The van der Waals surface area contributed by atoms with Crippen molar-refractivity contribution in [1.82, 2.24) is 10.3 Å². The van der Waals surface area contributed by atoms with Crippen LogP contribution in [0.5, 0.6) is 0 Å². The van der Waals surface area contributed by atoms with Gasteiger partial charge in [0.15, 0.2) is 0 Å². The number of ether oxygens (including phenoxy) is 1. The summed E-state index contributed by atoms with van der Waals surface area (Å²) >= 11 is 1.36. The molecule has 0 radical (unpaired) electrons. The highest BCUT2D eigenvalue weighted by molar-refractivity contribution is 7.13. The number of nitrogens with one attached hydrogen (secondary N) is 1. The number of rotatable bonds is 8. The maximum absolute atomic E-state index is 14.1. The fourth-order valence-corrected chi connectivity index (χ4v) is 5.27. The van der Waals surface area contributed by atoms with Crippen LogP contribution in [-0.2, 0) is 9.53 Å². The van der Waals surface area contributed by atoms with Gasteiger partial charge in [0.1, 0.15) is 10.9 Å². The van der Waals surface area contributed by atoms with Gasteiger partial charge >= 0.3 is 0 Å². The monoisotopic (exact) mass is 491 g/mol. The van der Waals surface area contributed by atoms with E-state index >= 15 is 0 Å². The number of carbonyl (C=O) groups is 2. The van der Waals surface area contributed by atoms with Gasteiger partial charge in [-0.3, -0.25) is 14.5 Å². The number of nitrogens with zero attached hydrogens (tertiary/aromatic N) is 2. The van der Waals surface area contributed by atoms with E-state index in [-0.39, 0.29) is 17.9 Å². The number of amides is 2. The van der Waals surface area contributed by atoms with Crippen molar-refractivity contribution >= 4 is 28.8 Å². The van der Waals surface area contributed by atoms with Crippen molar-refractivity contribution in [1.29, 1.82) is 0 Å². The summed E-state index contributed by atoms with van der Waals surface area (Å²) in [6.07, 6.45) is 1.94. The molecule has 2 amide bonds. The largest absolute Gasteiger partial charge is 0.376 e. The lowest BCUT2D eigenvalue weighted by Gasteiger charge is -2.32. The predicted octanol–water partition coefficient (Wildman–Crippen LogP) is 5.57. The van der Waals surface area contributed by atoms with Crippen molar-refractivity contribution in [2.24, 2.45) is 0 Å². The van der Waals surface area contributed by atoms with Crippen molar-refractivity contribution < 1.29 is 14.3 Å². The van der Waals surface area contributed by atoms with E-state index in [4.69, 9.17) is 4.74 Å². The molecule has 1 N–H and O–H groups in total. The maximum Gasteiger partial charge on any atom is 0.271 e. The third-order valence-electron chi connectivity index (χ3n) is 6.30. The molecule has 1 saturated heterocycles. The summed E-state index contributed by atoms with van der Waals surface area (Å²) < 4.78 is 5.70. The Labute approximate surface area is 211 Å². The summed E-state index contributed by atoms with van der Waals surface area (Å²) in [5.41, 5.74) is 3.27. The Morgan fingerprint density at radius 1 is 1.09 bits per heavy atom. The fourth-order valence-electron chi connectivity index (χ4n) is 4.41. The molecule has 7 heteroatoms. The van der Waals surface area contributed by atoms with Gasteiger partial charge in [-0.15, -0.1) is 11.3 Å². The van der Waals surface area contributed by atoms with Gasteiger partial charge in [-0.25, -0.2) is 4.98 Å². The highest BCUT2D eigenvalue weighted by atomic mass is 32.1. The normalized spacial score (nSPS) is 16.3. The molecular weight excluding hydrogens is 458 g/mol. The van der Waals surface area contributed by atoms with Crippen LogP contribution < -0.4 is 10.2 Å². The summed E-state index contributed by atoms with van der Waals surface area (Å²) in [5, 5.41) is 3.88. The molecular formula is C28H33N3O3S. The Morgan fingerprint density at radius 3 is 2.37 bits per heavy atom. The Hall–Kier alpha value is -3.03. The molecule has 35 heavy (non-hydrogen) atoms. The minimum atomic E-state index is -0.836. The summed E-state index contributed by atoms with van der Waals surface area (Å²) in [6.45, 7) is 9.14. The Morgan fingerprint density at radius 2 is 1.80 bits per heavy atom. The quantitative estimate of drug-likeness (QED) is 0.447. The van der Waals surface area contributed by atoms with Crippen LogP contribution >= 0.6 is 11.3 Å².